The molecule has 7 heteroatoms. The summed E-state index contributed by atoms with van der Waals surface area (Å²) in [6, 6.07) is 22.8. The molecule has 2 saturated heterocycles. The first kappa shape index (κ1) is 23.0. The fourth-order valence-corrected chi connectivity index (χ4v) is 6.36. The summed E-state index contributed by atoms with van der Waals surface area (Å²) in [5, 5.41) is 7.02. The molecule has 0 aromatic heterocycles. The van der Waals surface area contributed by atoms with Gasteiger partial charge in [0.15, 0.2) is 0 Å². The van der Waals surface area contributed by atoms with E-state index in [9.17, 15) is 14.4 Å². The second-order valence-electron chi connectivity index (χ2n) is 9.86. The molecule has 3 aromatic rings. The molecule has 3 aromatic carbocycles. The van der Waals surface area contributed by atoms with Crippen molar-refractivity contribution in [3.8, 4) is 0 Å². The third kappa shape index (κ3) is 3.32. The molecule has 0 bridgehead atoms. The van der Waals surface area contributed by atoms with Crippen LogP contribution in [-0.2, 0) is 32.8 Å². The number of imide groups is 1. The van der Waals surface area contributed by atoms with Crippen LogP contribution in [0.4, 0.5) is 5.69 Å². The van der Waals surface area contributed by atoms with Crippen molar-refractivity contribution in [2.75, 3.05) is 11.9 Å². The van der Waals surface area contributed by atoms with Gasteiger partial charge in [0, 0.05) is 23.2 Å². The largest absolute Gasteiger partial charge is 0.324 e. The van der Waals surface area contributed by atoms with Crippen molar-refractivity contribution in [1.29, 1.82) is 0 Å². The summed E-state index contributed by atoms with van der Waals surface area (Å²) in [4.78, 5) is 42.8. The predicted molar refractivity (Wildman–Crippen MR) is 137 cm³/mol. The Morgan fingerprint density at radius 2 is 1.56 bits per heavy atom. The van der Waals surface area contributed by atoms with Gasteiger partial charge in [-0.2, -0.15) is 0 Å². The van der Waals surface area contributed by atoms with Gasteiger partial charge in [0.25, 0.3) is 0 Å². The Hall–Kier alpha value is -3.48. The summed E-state index contributed by atoms with van der Waals surface area (Å²) in [5.74, 6) is -2.27. The normalized spacial score (nSPS) is 26.4. The minimum atomic E-state index is -1.32. The Balaban J connectivity index is 1.42. The van der Waals surface area contributed by atoms with E-state index in [4.69, 9.17) is 11.6 Å². The van der Waals surface area contributed by atoms with Gasteiger partial charge in [0.2, 0.25) is 17.7 Å². The number of halogens is 1. The molecular formula is C29H26ClN3O3. The predicted octanol–water partition coefficient (Wildman–Crippen LogP) is 3.85. The molecule has 3 heterocycles. The number of amides is 3. The van der Waals surface area contributed by atoms with Gasteiger partial charge in [0.05, 0.1) is 17.5 Å². The van der Waals surface area contributed by atoms with Crippen LogP contribution in [-0.4, -0.2) is 35.2 Å². The van der Waals surface area contributed by atoms with Crippen LogP contribution >= 0.6 is 11.6 Å². The lowest BCUT2D eigenvalue weighted by atomic mass is 9.76. The van der Waals surface area contributed by atoms with Crippen LogP contribution in [0.1, 0.15) is 22.3 Å². The lowest BCUT2D eigenvalue weighted by Gasteiger charge is -2.29. The molecule has 0 radical (unpaired) electrons. The van der Waals surface area contributed by atoms with Crippen LogP contribution in [0.25, 0.3) is 0 Å². The molecule has 0 saturated carbocycles. The van der Waals surface area contributed by atoms with Gasteiger partial charge < -0.3 is 5.32 Å². The van der Waals surface area contributed by atoms with E-state index in [0.717, 1.165) is 16.7 Å². The van der Waals surface area contributed by atoms with Crippen molar-refractivity contribution in [3.05, 3.63) is 100 Å². The zero-order valence-corrected chi connectivity index (χ0v) is 20.6. The standard InChI is InChI=1S/C29H26ClN3O3/c1-17-21(30)13-12-20-25(17)31-28(36)29(20)24-23(22(32-29)16-19-10-6-3-7-11-19)26(34)33(27(24)35)15-14-18-8-4-2-5-9-18/h2-13,22-24,32H,14-16H2,1H3,(H,31,36)/t22-,23-,24+,29+/m1/s1. The molecule has 0 aliphatic carbocycles. The van der Waals surface area contributed by atoms with Gasteiger partial charge in [-0.15, -0.1) is 0 Å². The van der Waals surface area contributed by atoms with E-state index in [1.807, 2.05) is 73.7 Å². The van der Waals surface area contributed by atoms with Gasteiger partial charge in [0.1, 0.15) is 5.54 Å². The molecule has 6 nitrogen and oxygen atoms in total. The molecule has 182 valence electrons. The van der Waals surface area contributed by atoms with Crippen LogP contribution in [0, 0.1) is 18.8 Å². The van der Waals surface area contributed by atoms with Crippen molar-refractivity contribution in [2.24, 2.45) is 11.8 Å². The zero-order chi connectivity index (χ0) is 25.0. The number of fused-ring (bicyclic) bond motifs is 4. The number of carbonyl (C=O) groups is 3. The summed E-state index contributed by atoms with van der Waals surface area (Å²) < 4.78 is 0. The number of benzene rings is 3. The average Bonchev–Trinajstić information content (AvgIpc) is 3.46. The van der Waals surface area contributed by atoms with Crippen LogP contribution in [0.15, 0.2) is 72.8 Å². The molecule has 3 aliphatic rings. The number of anilines is 1. The van der Waals surface area contributed by atoms with Crippen molar-refractivity contribution in [2.45, 2.75) is 31.3 Å². The fraction of sp³-hybridized carbons (Fsp3) is 0.276. The third-order valence-corrected chi connectivity index (χ3v) is 8.35. The maximum Gasteiger partial charge on any atom is 0.250 e. The Morgan fingerprint density at radius 3 is 2.25 bits per heavy atom. The van der Waals surface area contributed by atoms with E-state index < -0.39 is 17.4 Å². The highest BCUT2D eigenvalue weighted by Gasteiger charge is 2.70. The minimum Gasteiger partial charge on any atom is -0.324 e. The first-order valence-electron chi connectivity index (χ1n) is 12.2. The Bertz CT molecular complexity index is 1380. The van der Waals surface area contributed by atoms with Gasteiger partial charge >= 0.3 is 0 Å². The minimum absolute atomic E-state index is 0.210. The van der Waals surface area contributed by atoms with E-state index in [1.54, 1.807) is 6.07 Å². The highest BCUT2D eigenvalue weighted by Crippen LogP contribution is 2.54. The summed E-state index contributed by atoms with van der Waals surface area (Å²) in [6.45, 7) is 2.14. The highest BCUT2D eigenvalue weighted by atomic mass is 35.5. The molecule has 1 spiro atoms. The van der Waals surface area contributed by atoms with Gasteiger partial charge in [-0.05, 0) is 42.5 Å². The van der Waals surface area contributed by atoms with E-state index in [-0.39, 0.29) is 30.3 Å². The molecule has 6 rings (SSSR count). The monoisotopic (exact) mass is 499 g/mol. The van der Waals surface area contributed by atoms with Gasteiger partial charge in [-0.3, -0.25) is 24.6 Å². The maximum absolute atomic E-state index is 13.9. The van der Waals surface area contributed by atoms with Crippen LogP contribution in [0.3, 0.4) is 0 Å². The number of hydrogen-bond donors (Lipinski definition) is 2. The summed E-state index contributed by atoms with van der Waals surface area (Å²) in [5.41, 5.74) is 2.84. The number of rotatable bonds is 5. The molecule has 3 amide bonds. The van der Waals surface area contributed by atoms with Crippen molar-refractivity contribution >= 4 is 35.0 Å². The van der Waals surface area contributed by atoms with E-state index in [0.29, 0.717) is 29.1 Å². The molecular weight excluding hydrogens is 474 g/mol. The lowest BCUT2D eigenvalue weighted by molar-refractivity contribution is -0.142. The Labute approximate surface area is 214 Å². The first-order chi connectivity index (χ1) is 17.4. The van der Waals surface area contributed by atoms with Crippen molar-refractivity contribution in [3.63, 3.8) is 0 Å². The third-order valence-electron chi connectivity index (χ3n) is 7.94. The van der Waals surface area contributed by atoms with Crippen molar-refractivity contribution < 1.29 is 14.4 Å². The molecule has 4 atom stereocenters. The van der Waals surface area contributed by atoms with Crippen LogP contribution in [0.5, 0.6) is 0 Å². The van der Waals surface area contributed by atoms with E-state index in [1.165, 1.54) is 4.90 Å². The Morgan fingerprint density at radius 1 is 0.889 bits per heavy atom. The number of hydrogen-bond acceptors (Lipinski definition) is 4. The highest BCUT2D eigenvalue weighted by molar-refractivity contribution is 6.32. The van der Waals surface area contributed by atoms with E-state index >= 15 is 0 Å². The van der Waals surface area contributed by atoms with Crippen molar-refractivity contribution in [1.82, 2.24) is 10.2 Å². The summed E-state index contributed by atoms with van der Waals surface area (Å²) >= 11 is 6.36. The zero-order valence-electron chi connectivity index (χ0n) is 19.8. The maximum atomic E-state index is 13.9. The number of carbonyl (C=O) groups excluding carboxylic acids is 3. The van der Waals surface area contributed by atoms with Gasteiger partial charge in [-0.25, -0.2) is 0 Å². The smallest absolute Gasteiger partial charge is 0.250 e. The van der Waals surface area contributed by atoms with E-state index in [2.05, 4.69) is 10.6 Å². The Kier molecular flexibility index (Phi) is 5.47. The summed E-state index contributed by atoms with van der Waals surface area (Å²) in [6.07, 6.45) is 1.10. The summed E-state index contributed by atoms with van der Waals surface area (Å²) in [7, 11) is 0. The SMILES string of the molecule is Cc1c(Cl)ccc2c1NC(=O)[C@]21N[C@H](Cc2ccccc2)[C@H]2C(=O)N(CCc3ccccc3)C(=O)[C@H]21. The van der Waals surface area contributed by atoms with Gasteiger partial charge in [-0.1, -0.05) is 78.3 Å². The number of nitrogens with zero attached hydrogens (tertiary/aromatic N) is 1. The number of likely N-dealkylation sites (tertiary alicyclic amines) is 1. The van der Waals surface area contributed by atoms with Crippen LogP contribution < -0.4 is 10.6 Å². The molecule has 36 heavy (non-hydrogen) atoms. The quantitative estimate of drug-likeness (QED) is 0.523. The molecule has 3 aliphatic heterocycles. The second-order valence-corrected chi connectivity index (χ2v) is 10.3. The molecule has 0 unspecified atom stereocenters. The number of nitrogens with one attached hydrogen (secondary N) is 2. The average molecular weight is 500 g/mol. The molecule has 2 N–H and O–H groups in total. The molecule has 2 fully saturated rings. The second kappa shape index (κ2) is 8.57. The lowest BCUT2D eigenvalue weighted by Crippen LogP contribution is -2.53. The van der Waals surface area contributed by atoms with Crippen LogP contribution in [0.2, 0.25) is 5.02 Å². The first-order valence-corrected chi connectivity index (χ1v) is 12.6. The topological polar surface area (TPSA) is 78.5 Å². The fourth-order valence-electron chi connectivity index (χ4n) is 6.20.